The smallest absolute Gasteiger partial charge is 0.325 e. The van der Waals surface area contributed by atoms with E-state index in [-0.39, 0.29) is 18.6 Å². The van der Waals surface area contributed by atoms with Crippen molar-refractivity contribution < 1.29 is 14.7 Å². The number of carbonyl (C=O) groups is 2. The van der Waals surface area contributed by atoms with Crippen LogP contribution in [0.4, 0.5) is 10.5 Å². The zero-order valence-corrected chi connectivity index (χ0v) is 10.8. The molecule has 1 rings (SSSR count). The van der Waals surface area contributed by atoms with Crippen LogP contribution in [0.25, 0.3) is 0 Å². The third-order valence-corrected chi connectivity index (χ3v) is 2.41. The first kappa shape index (κ1) is 14.0. The van der Waals surface area contributed by atoms with Crippen LogP contribution in [0.15, 0.2) is 12.4 Å². The molecule has 7 heteroatoms. The lowest BCUT2D eigenvalue weighted by Crippen LogP contribution is -2.39. The van der Waals surface area contributed by atoms with Gasteiger partial charge in [0, 0.05) is 18.8 Å². The maximum Gasteiger partial charge on any atom is 0.325 e. The molecule has 0 aliphatic rings. The third kappa shape index (κ3) is 3.76. The van der Waals surface area contributed by atoms with E-state index in [1.54, 1.807) is 4.90 Å². The number of hydrogen-bond acceptors (Lipinski definition) is 3. The molecule has 0 atom stereocenters. The number of anilines is 1. The Labute approximate surface area is 105 Å². The molecule has 100 valence electrons. The van der Waals surface area contributed by atoms with E-state index in [0.29, 0.717) is 12.2 Å². The molecule has 0 radical (unpaired) electrons. The van der Waals surface area contributed by atoms with E-state index in [1.807, 2.05) is 20.8 Å². The van der Waals surface area contributed by atoms with Gasteiger partial charge in [-0.1, -0.05) is 0 Å². The Balaban J connectivity index is 2.64. The molecular formula is C11H18N4O3. The Morgan fingerprint density at radius 1 is 1.56 bits per heavy atom. The van der Waals surface area contributed by atoms with Gasteiger partial charge >= 0.3 is 12.0 Å². The normalized spacial score (nSPS) is 10.4. The molecule has 7 nitrogen and oxygen atoms in total. The highest BCUT2D eigenvalue weighted by Crippen LogP contribution is 2.08. The SMILES string of the molecule is CCN(C(=O)Nc1cnn(CC(=O)O)c1)C(C)C. The van der Waals surface area contributed by atoms with Gasteiger partial charge in [-0.25, -0.2) is 4.79 Å². The van der Waals surface area contributed by atoms with Crippen LogP contribution in [0.3, 0.4) is 0 Å². The number of nitrogens with one attached hydrogen (secondary N) is 1. The number of carbonyl (C=O) groups excluding carboxylic acids is 1. The average molecular weight is 254 g/mol. The summed E-state index contributed by atoms with van der Waals surface area (Å²) in [6, 6.07) is -0.119. The van der Waals surface area contributed by atoms with Crippen molar-refractivity contribution in [2.24, 2.45) is 0 Å². The van der Waals surface area contributed by atoms with Crippen LogP contribution in [-0.2, 0) is 11.3 Å². The van der Waals surface area contributed by atoms with Gasteiger partial charge in [-0.2, -0.15) is 5.10 Å². The predicted molar refractivity (Wildman–Crippen MR) is 66.4 cm³/mol. The summed E-state index contributed by atoms with van der Waals surface area (Å²) in [4.78, 5) is 24.0. The maximum absolute atomic E-state index is 11.9. The molecule has 1 aromatic rings. The molecule has 1 heterocycles. The second-order valence-corrected chi connectivity index (χ2v) is 4.13. The molecule has 0 aromatic carbocycles. The number of nitrogens with zero attached hydrogens (tertiary/aromatic N) is 3. The van der Waals surface area contributed by atoms with Crippen LogP contribution in [0.1, 0.15) is 20.8 Å². The van der Waals surface area contributed by atoms with Crippen molar-refractivity contribution in [3.8, 4) is 0 Å². The summed E-state index contributed by atoms with van der Waals surface area (Å²) in [5.41, 5.74) is 0.486. The van der Waals surface area contributed by atoms with Gasteiger partial charge in [-0.3, -0.25) is 9.48 Å². The maximum atomic E-state index is 11.9. The number of carboxylic acid groups (broad SMARTS) is 1. The van der Waals surface area contributed by atoms with Crippen molar-refractivity contribution in [1.82, 2.24) is 14.7 Å². The molecule has 0 saturated carbocycles. The van der Waals surface area contributed by atoms with Crippen molar-refractivity contribution in [3.63, 3.8) is 0 Å². The van der Waals surface area contributed by atoms with Crippen molar-refractivity contribution in [3.05, 3.63) is 12.4 Å². The van der Waals surface area contributed by atoms with Gasteiger partial charge in [-0.15, -0.1) is 0 Å². The number of amides is 2. The summed E-state index contributed by atoms with van der Waals surface area (Å²) in [5, 5.41) is 15.1. The van der Waals surface area contributed by atoms with Gasteiger partial charge in [0.15, 0.2) is 0 Å². The number of rotatable bonds is 5. The molecule has 0 aliphatic heterocycles. The zero-order chi connectivity index (χ0) is 13.7. The molecule has 18 heavy (non-hydrogen) atoms. The minimum Gasteiger partial charge on any atom is -0.480 e. The highest BCUT2D eigenvalue weighted by Gasteiger charge is 2.15. The van der Waals surface area contributed by atoms with Crippen LogP contribution in [0.5, 0.6) is 0 Å². The summed E-state index contributed by atoms with van der Waals surface area (Å²) in [5.74, 6) is -0.978. The van der Waals surface area contributed by atoms with Crippen molar-refractivity contribution in [1.29, 1.82) is 0 Å². The second-order valence-electron chi connectivity index (χ2n) is 4.13. The minimum absolute atomic E-state index is 0.101. The Morgan fingerprint density at radius 3 is 2.72 bits per heavy atom. The number of aromatic nitrogens is 2. The van der Waals surface area contributed by atoms with Gasteiger partial charge in [0.05, 0.1) is 11.9 Å². The molecule has 0 aliphatic carbocycles. The van der Waals surface area contributed by atoms with Crippen LogP contribution < -0.4 is 5.32 Å². The minimum atomic E-state index is -0.978. The van der Waals surface area contributed by atoms with Crippen LogP contribution in [0, 0.1) is 0 Å². The summed E-state index contributed by atoms with van der Waals surface area (Å²) in [7, 11) is 0. The van der Waals surface area contributed by atoms with Gasteiger partial charge in [0.25, 0.3) is 0 Å². The van der Waals surface area contributed by atoms with Gasteiger partial charge < -0.3 is 15.3 Å². The first-order valence-corrected chi connectivity index (χ1v) is 5.76. The molecular weight excluding hydrogens is 236 g/mol. The molecule has 2 amide bonds. The molecule has 2 N–H and O–H groups in total. The Bertz CT molecular complexity index is 428. The molecule has 0 spiro atoms. The highest BCUT2D eigenvalue weighted by molar-refractivity contribution is 5.89. The van der Waals surface area contributed by atoms with Crippen LogP contribution >= 0.6 is 0 Å². The van der Waals surface area contributed by atoms with E-state index in [4.69, 9.17) is 5.11 Å². The van der Waals surface area contributed by atoms with Crippen LogP contribution in [-0.4, -0.2) is 44.4 Å². The monoisotopic (exact) mass is 254 g/mol. The molecule has 0 bridgehead atoms. The second kappa shape index (κ2) is 6.04. The molecule has 0 saturated heterocycles. The fraction of sp³-hybridized carbons (Fsp3) is 0.545. The molecule has 1 aromatic heterocycles. The van der Waals surface area contributed by atoms with Crippen LogP contribution in [0.2, 0.25) is 0 Å². The predicted octanol–water partition coefficient (Wildman–Crippen LogP) is 1.23. The average Bonchev–Trinajstić information content (AvgIpc) is 2.64. The fourth-order valence-electron chi connectivity index (χ4n) is 1.59. The standard InChI is InChI=1S/C11H18N4O3/c1-4-15(8(2)3)11(18)13-9-5-12-14(6-9)7-10(16)17/h5-6,8H,4,7H2,1-3H3,(H,13,18)(H,16,17). The quantitative estimate of drug-likeness (QED) is 0.827. The summed E-state index contributed by atoms with van der Waals surface area (Å²) in [6.07, 6.45) is 2.91. The van der Waals surface area contributed by atoms with E-state index in [1.165, 1.54) is 17.1 Å². The van der Waals surface area contributed by atoms with E-state index in [2.05, 4.69) is 10.4 Å². The van der Waals surface area contributed by atoms with Crippen molar-refractivity contribution >= 4 is 17.7 Å². The van der Waals surface area contributed by atoms with E-state index < -0.39 is 5.97 Å². The lowest BCUT2D eigenvalue weighted by molar-refractivity contribution is -0.137. The van der Waals surface area contributed by atoms with Crippen molar-refractivity contribution in [2.75, 3.05) is 11.9 Å². The molecule has 0 fully saturated rings. The topological polar surface area (TPSA) is 87.5 Å². The van der Waals surface area contributed by atoms with Gasteiger partial charge in [-0.05, 0) is 20.8 Å². The summed E-state index contributed by atoms with van der Waals surface area (Å²) in [6.45, 7) is 6.13. The summed E-state index contributed by atoms with van der Waals surface area (Å²) >= 11 is 0. The van der Waals surface area contributed by atoms with Gasteiger partial charge in [0.1, 0.15) is 6.54 Å². The number of hydrogen-bond donors (Lipinski definition) is 2. The first-order valence-electron chi connectivity index (χ1n) is 5.76. The lowest BCUT2D eigenvalue weighted by Gasteiger charge is -2.24. The first-order chi connectivity index (χ1) is 8.43. The lowest BCUT2D eigenvalue weighted by atomic mass is 10.3. The third-order valence-electron chi connectivity index (χ3n) is 2.41. The fourth-order valence-corrected chi connectivity index (χ4v) is 1.59. The van der Waals surface area contributed by atoms with Crippen molar-refractivity contribution in [2.45, 2.75) is 33.4 Å². The zero-order valence-electron chi connectivity index (χ0n) is 10.8. The van der Waals surface area contributed by atoms with E-state index >= 15 is 0 Å². The van der Waals surface area contributed by atoms with E-state index in [0.717, 1.165) is 0 Å². The number of carboxylic acids is 1. The largest absolute Gasteiger partial charge is 0.480 e. The Morgan fingerprint density at radius 2 is 2.22 bits per heavy atom. The number of aliphatic carboxylic acids is 1. The molecule has 0 unspecified atom stereocenters. The summed E-state index contributed by atoms with van der Waals surface area (Å²) < 4.78 is 1.25. The Kier molecular flexibility index (Phi) is 4.70. The number of urea groups is 1. The highest BCUT2D eigenvalue weighted by atomic mass is 16.4. The van der Waals surface area contributed by atoms with E-state index in [9.17, 15) is 9.59 Å². The van der Waals surface area contributed by atoms with Gasteiger partial charge in [0.2, 0.25) is 0 Å². The Hall–Kier alpha value is -2.05.